The van der Waals surface area contributed by atoms with Gasteiger partial charge in [0.25, 0.3) is 0 Å². The van der Waals surface area contributed by atoms with Crippen molar-refractivity contribution in [3.8, 4) is 0 Å². The lowest BCUT2D eigenvalue weighted by Crippen LogP contribution is -2.50. The number of nitrogens with one attached hydrogen (secondary N) is 2. The van der Waals surface area contributed by atoms with Crippen molar-refractivity contribution in [3.63, 3.8) is 0 Å². The van der Waals surface area contributed by atoms with E-state index in [1.165, 1.54) is 7.11 Å². The summed E-state index contributed by atoms with van der Waals surface area (Å²) in [6.07, 6.45) is 0.649. The van der Waals surface area contributed by atoms with Gasteiger partial charge in [-0.15, -0.1) is 0 Å². The summed E-state index contributed by atoms with van der Waals surface area (Å²) in [6.45, 7) is 8.22. The van der Waals surface area contributed by atoms with Crippen molar-refractivity contribution in [3.05, 3.63) is 0 Å². The van der Waals surface area contributed by atoms with Crippen LogP contribution in [0.3, 0.4) is 0 Å². The van der Waals surface area contributed by atoms with Crippen LogP contribution in [0.1, 0.15) is 34.1 Å². The van der Waals surface area contributed by atoms with Gasteiger partial charge in [0.2, 0.25) is 5.91 Å². The highest BCUT2D eigenvalue weighted by Gasteiger charge is 2.24. The van der Waals surface area contributed by atoms with Gasteiger partial charge >= 0.3 is 5.97 Å². The van der Waals surface area contributed by atoms with E-state index in [-0.39, 0.29) is 11.9 Å². The average Bonchev–Trinajstić information content (AvgIpc) is 2.26. The minimum Gasteiger partial charge on any atom is -0.468 e. The van der Waals surface area contributed by atoms with E-state index in [2.05, 4.69) is 10.6 Å². The topological polar surface area (TPSA) is 67.4 Å². The van der Waals surface area contributed by atoms with Crippen molar-refractivity contribution in [2.24, 2.45) is 5.92 Å². The molecule has 0 heterocycles. The molecule has 2 unspecified atom stereocenters. The first-order valence-corrected chi connectivity index (χ1v) is 6.03. The summed E-state index contributed by atoms with van der Waals surface area (Å²) >= 11 is 0. The third-order valence-electron chi connectivity index (χ3n) is 2.39. The van der Waals surface area contributed by atoms with E-state index in [4.69, 9.17) is 4.74 Å². The molecule has 0 spiro atoms. The van der Waals surface area contributed by atoms with Crippen molar-refractivity contribution in [2.45, 2.75) is 46.2 Å². The molecule has 0 bridgehead atoms. The average molecular weight is 244 g/mol. The molecule has 2 atom stereocenters. The van der Waals surface area contributed by atoms with Gasteiger partial charge in [-0.05, 0) is 26.2 Å². The first-order chi connectivity index (χ1) is 7.92. The zero-order valence-corrected chi connectivity index (χ0v) is 11.4. The SMILES string of the molecule is CCNC(=O)C(C)NC(CC(C)C)C(=O)OC. The van der Waals surface area contributed by atoms with Crippen LogP contribution in [-0.4, -0.2) is 37.6 Å². The molecule has 0 aliphatic rings. The summed E-state index contributed by atoms with van der Waals surface area (Å²) in [5.74, 6) is -0.0759. The molecule has 1 amide bonds. The van der Waals surface area contributed by atoms with Crippen LogP contribution in [0.2, 0.25) is 0 Å². The summed E-state index contributed by atoms with van der Waals surface area (Å²) in [5, 5.41) is 5.70. The van der Waals surface area contributed by atoms with E-state index in [0.29, 0.717) is 18.9 Å². The Labute approximate surface area is 103 Å². The number of methoxy groups -OCH3 is 1. The predicted octanol–water partition coefficient (Wildman–Crippen LogP) is 0.688. The van der Waals surface area contributed by atoms with Crippen molar-refractivity contribution >= 4 is 11.9 Å². The lowest BCUT2D eigenvalue weighted by Gasteiger charge is -2.22. The fraction of sp³-hybridized carbons (Fsp3) is 0.833. The predicted molar refractivity (Wildman–Crippen MR) is 66.5 cm³/mol. The molecule has 0 saturated carbocycles. The number of carbonyl (C=O) groups is 2. The maximum absolute atomic E-state index is 11.5. The van der Waals surface area contributed by atoms with Crippen molar-refractivity contribution in [1.29, 1.82) is 0 Å². The van der Waals surface area contributed by atoms with Gasteiger partial charge < -0.3 is 10.1 Å². The number of likely N-dealkylation sites (N-methyl/N-ethyl adjacent to an activating group) is 1. The highest BCUT2D eigenvalue weighted by molar-refractivity contribution is 5.83. The molecular formula is C12H24N2O3. The summed E-state index contributed by atoms with van der Waals surface area (Å²) in [4.78, 5) is 23.1. The van der Waals surface area contributed by atoms with Crippen LogP contribution in [0, 0.1) is 5.92 Å². The molecule has 0 aromatic carbocycles. The van der Waals surface area contributed by atoms with Gasteiger partial charge in [-0.25, -0.2) is 0 Å². The molecule has 5 nitrogen and oxygen atoms in total. The molecule has 0 aromatic rings. The Morgan fingerprint density at radius 2 is 1.82 bits per heavy atom. The normalized spacial score (nSPS) is 14.2. The first-order valence-electron chi connectivity index (χ1n) is 6.03. The van der Waals surface area contributed by atoms with E-state index in [1.54, 1.807) is 6.92 Å². The second-order valence-electron chi connectivity index (χ2n) is 4.49. The number of hydrogen-bond donors (Lipinski definition) is 2. The summed E-state index contributed by atoms with van der Waals surface area (Å²) in [6, 6.07) is -0.838. The Bertz CT molecular complexity index is 254. The molecule has 0 rings (SSSR count). The number of esters is 1. The van der Waals surface area contributed by atoms with Gasteiger partial charge in [0, 0.05) is 6.54 Å². The van der Waals surface area contributed by atoms with Crippen LogP contribution < -0.4 is 10.6 Å². The highest BCUT2D eigenvalue weighted by Crippen LogP contribution is 2.07. The Morgan fingerprint density at radius 3 is 2.24 bits per heavy atom. The largest absolute Gasteiger partial charge is 0.468 e. The fourth-order valence-electron chi connectivity index (χ4n) is 1.55. The third kappa shape index (κ3) is 6.26. The maximum atomic E-state index is 11.5. The van der Waals surface area contributed by atoms with Crippen molar-refractivity contribution < 1.29 is 14.3 Å². The van der Waals surface area contributed by atoms with Gasteiger partial charge in [-0.3, -0.25) is 14.9 Å². The number of carbonyl (C=O) groups excluding carboxylic acids is 2. The number of ether oxygens (including phenoxy) is 1. The zero-order valence-electron chi connectivity index (χ0n) is 11.4. The molecule has 2 N–H and O–H groups in total. The molecule has 5 heteroatoms. The highest BCUT2D eigenvalue weighted by atomic mass is 16.5. The fourth-order valence-corrected chi connectivity index (χ4v) is 1.55. The van der Waals surface area contributed by atoms with Crippen molar-refractivity contribution in [2.75, 3.05) is 13.7 Å². The second kappa shape index (κ2) is 8.06. The first kappa shape index (κ1) is 15.9. The van der Waals surface area contributed by atoms with Gasteiger partial charge in [-0.1, -0.05) is 13.8 Å². The van der Waals surface area contributed by atoms with Crippen LogP contribution in [0.25, 0.3) is 0 Å². The van der Waals surface area contributed by atoms with E-state index in [1.807, 2.05) is 20.8 Å². The molecule has 100 valence electrons. The molecule has 0 saturated heterocycles. The Kier molecular flexibility index (Phi) is 7.54. The Balaban J connectivity index is 4.41. The zero-order chi connectivity index (χ0) is 13.4. The Hall–Kier alpha value is -1.10. The minimum absolute atomic E-state index is 0.106. The lowest BCUT2D eigenvalue weighted by atomic mass is 10.0. The molecule has 0 aliphatic carbocycles. The van der Waals surface area contributed by atoms with Gasteiger partial charge in [0.15, 0.2) is 0 Å². The van der Waals surface area contributed by atoms with Crippen LogP contribution in [0.4, 0.5) is 0 Å². The second-order valence-corrected chi connectivity index (χ2v) is 4.49. The van der Waals surface area contributed by atoms with Gasteiger partial charge in [-0.2, -0.15) is 0 Å². The molecule has 0 fully saturated rings. The lowest BCUT2D eigenvalue weighted by molar-refractivity contribution is -0.144. The van der Waals surface area contributed by atoms with Crippen LogP contribution in [-0.2, 0) is 14.3 Å². The third-order valence-corrected chi connectivity index (χ3v) is 2.39. The summed E-state index contributed by atoms with van der Waals surface area (Å²) < 4.78 is 4.72. The van der Waals surface area contributed by atoms with Crippen LogP contribution in [0.15, 0.2) is 0 Å². The smallest absolute Gasteiger partial charge is 0.322 e. The monoisotopic (exact) mass is 244 g/mol. The van der Waals surface area contributed by atoms with Gasteiger partial charge in [0.05, 0.1) is 13.2 Å². The molecule has 0 aliphatic heterocycles. The number of hydrogen-bond acceptors (Lipinski definition) is 4. The molecule has 0 aromatic heterocycles. The summed E-state index contributed by atoms with van der Waals surface area (Å²) in [5.41, 5.74) is 0. The van der Waals surface area contributed by atoms with E-state index in [0.717, 1.165) is 0 Å². The van der Waals surface area contributed by atoms with Crippen molar-refractivity contribution in [1.82, 2.24) is 10.6 Å². The van der Waals surface area contributed by atoms with Gasteiger partial charge in [0.1, 0.15) is 6.04 Å². The van der Waals surface area contributed by atoms with E-state index in [9.17, 15) is 9.59 Å². The minimum atomic E-state index is -0.433. The van der Waals surface area contributed by atoms with Crippen LogP contribution >= 0.6 is 0 Å². The quantitative estimate of drug-likeness (QED) is 0.647. The molecule has 17 heavy (non-hydrogen) atoms. The molecular weight excluding hydrogens is 220 g/mol. The van der Waals surface area contributed by atoms with E-state index < -0.39 is 12.1 Å². The number of amides is 1. The maximum Gasteiger partial charge on any atom is 0.322 e. The number of rotatable bonds is 7. The van der Waals surface area contributed by atoms with Crippen LogP contribution in [0.5, 0.6) is 0 Å². The summed E-state index contributed by atoms with van der Waals surface area (Å²) in [7, 11) is 1.36. The Morgan fingerprint density at radius 1 is 1.24 bits per heavy atom. The molecule has 0 radical (unpaired) electrons. The van der Waals surface area contributed by atoms with E-state index >= 15 is 0 Å². The standard InChI is InChI=1S/C12H24N2O3/c1-6-13-11(15)9(4)14-10(7-8(2)3)12(16)17-5/h8-10,14H,6-7H2,1-5H3,(H,13,15).